The van der Waals surface area contributed by atoms with Crippen LogP contribution in [-0.2, 0) is 16.6 Å². The van der Waals surface area contributed by atoms with Crippen LogP contribution in [0.25, 0.3) is 0 Å². The fourth-order valence-electron chi connectivity index (χ4n) is 2.67. The first-order valence-corrected chi connectivity index (χ1v) is 10.2. The lowest BCUT2D eigenvalue weighted by Gasteiger charge is -2.19. The van der Waals surface area contributed by atoms with Crippen molar-refractivity contribution in [2.24, 2.45) is 5.41 Å². The molecule has 0 unspecified atom stereocenters. The van der Waals surface area contributed by atoms with Gasteiger partial charge in [-0.1, -0.05) is 50.8 Å². The van der Waals surface area contributed by atoms with Crippen LogP contribution in [0, 0.1) is 28.6 Å². The van der Waals surface area contributed by atoms with E-state index in [-0.39, 0.29) is 17.8 Å². The number of benzene rings is 1. The third kappa shape index (κ3) is 4.30. The first-order valence-electron chi connectivity index (χ1n) is 8.79. The Hall–Kier alpha value is -2.94. The molecule has 1 aliphatic rings. The molecule has 3 rings (SSSR count). The topological polar surface area (TPSA) is 99.0 Å². The molecule has 1 aromatic carbocycles. The molecule has 0 saturated heterocycles. The van der Waals surface area contributed by atoms with E-state index in [0.717, 1.165) is 5.56 Å². The molecular formula is C20H21N5O2S. The molecule has 0 bridgehead atoms. The predicted molar refractivity (Wildman–Crippen MR) is 106 cm³/mol. The number of aromatic nitrogens is 2. The maximum absolute atomic E-state index is 12.6. The molecule has 0 radical (unpaired) electrons. The summed E-state index contributed by atoms with van der Waals surface area (Å²) in [6, 6.07) is 8.88. The van der Waals surface area contributed by atoms with E-state index < -0.39 is 10.0 Å². The summed E-state index contributed by atoms with van der Waals surface area (Å²) >= 11 is 0. The van der Waals surface area contributed by atoms with Crippen molar-refractivity contribution in [2.75, 3.05) is 18.4 Å². The third-order valence-electron chi connectivity index (χ3n) is 4.09. The SMILES string of the molecule is CC(C)(C)CNc1nc(C#N)ncc1C#CCN1Cc2ccccc2S1(=O)=O. The molecule has 7 nitrogen and oxygen atoms in total. The van der Waals surface area contributed by atoms with Crippen molar-refractivity contribution in [3.05, 3.63) is 47.4 Å². The minimum Gasteiger partial charge on any atom is -0.368 e. The second-order valence-corrected chi connectivity index (χ2v) is 9.57. The summed E-state index contributed by atoms with van der Waals surface area (Å²) in [4.78, 5) is 8.49. The van der Waals surface area contributed by atoms with E-state index in [0.29, 0.717) is 29.4 Å². The third-order valence-corrected chi connectivity index (χ3v) is 5.98. The Balaban J connectivity index is 1.80. The second kappa shape index (κ2) is 7.59. The van der Waals surface area contributed by atoms with Crippen LogP contribution >= 0.6 is 0 Å². The lowest BCUT2D eigenvalue weighted by molar-refractivity contribution is 0.442. The highest BCUT2D eigenvalue weighted by Crippen LogP contribution is 2.29. The molecule has 8 heteroatoms. The molecule has 0 saturated carbocycles. The van der Waals surface area contributed by atoms with E-state index in [1.807, 2.05) is 18.2 Å². The van der Waals surface area contributed by atoms with Crippen molar-refractivity contribution < 1.29 is 8.42 Å². The zero-order chi connectivity index (χ0) is 20.4. The highest BCUT2D eigenvalue weighted by Gasteiger charge is 2.33. The quantitative estimate of drug-likeness (QED) is 0.801. The van der Waals surface area contributed by atoms with Crippen LogP contribution in [0.4, 0.5) is 5.82 Å². The summed E-state index contributed by atoms with van der Waals surface area (Å²) in [5.41, 5.74) is 1.31. The minimum atomic E-state index is -3.51. The molecule has 0 fully saturated rings. The number of sulfonamides is 1. The van der Waals surface area contributed by atoms with E-state index in [1.165, 1.54) is 10.5 Å². The van der Waals surface area contributed by atoms with Gasteiger partial charge in [0.2, 0.25) is 15.8 Å². The molecular weight excluding hydrogens is 374 g/mol. The van der Waals surface area contributed by atoms with Gasteiger partial charge in [0.1, 0.15) is 11.9 Å². The number of fused-ring (bicyclic) bond motifs is 1. The summed E-state index contributed by atoms with van der Waals surface area (Å²) in [5.74, 6) is 6.37. The largest absolute Gasteiger partial charge is 0.368 e. The van der Waals surface area contributed by atoms with Gasteiger partial charge in [-0.15, -0.1) is 0 Å². The fourth-order valence-corrected chi connectivity index (χ4v) is 4.21. The number of rotatable bonds is 3. The average Bonchev–Trinajstić information content (AvgIpc) is 2.91. The van der Waals surface area contributed by atoms with Gasteiger partial charge in [-0.2, -0.15) is 9.57 Å². The minimum absolute atomic E-state index is 0.0118. The Kier molecular flexibility index (Phi) is 5.37. The Bertz CT molecular complexity index is 1100. The highest BCUT2D eigenvalue weighted by molar-refractivity contribution is 7.89. The number of nitrogens with zero attached hydrogens (tertiary/aromatic N) is 4. The molecule has 144 valence electrons. The number of nitrogens with one attached hydrogen (secondary N) is 1. The standard InChI is InChI=1S/C20H21N5O2S/c1-20(2,3)14-23-19-15(12-22-18(11-21)24-19)8-6-10-25-13-16-7-4-5-9-17(16)28(25,26)27/h4-5,7,9,12H,10,13-14H2,1-3H3,(H,22,23,24). The number of nitriles is 1. The van der Waals surface area contributed by atoms with Crippen LogP contribution in [0.2, 0.25) is 0 Å². The van der Waals surface area contributed by atoms with Gasteiger partial charge in [-0.05, 0) is 17.0 Å². The van der Waals surface area contributed by atoms with Gasteiger partial charge >= 0.3 is 0 Å². The molecule has 1 N–H and O–H groups in total. The molecule has 1 aliphatic heterocycles. The second-order valence-electron chi connectivity index (χ2n) is 7.66. The van der Waals surface area contributed by atoms with Gasteiger partial charge in [-0.3, -0.25) is 0 Å². The van der Waals surface area contributed by atoms with Gasteiger partial charge in [-0.25, -0.2) is 18.4 Å². The molecule has 0 aliphatic carbocycles. The van der Waals surface area contributed by atoms with Gasteiger partial charge in [0.25, 0.3) is 0 Å². The van der Waals surface area contributed by atoms with E-state index >= 15 is 0 Å². The van der Waals surface area contributed by atoms with Crippen molar-refractivity contribution in [3.8, 4) is 17.9 Å². The maximum Gasteiger partial charge on any atom is 0.244 e. The van der Waals surface area contributed by atoms with Gasteiger partial charge in [0.15, 0.2) is 0 Å². The van der Waals surface area contributed by atoms with Crippen LogP contribution in [0.15, 0.2) is 35.4 Å². The van der Waals surface area contributed by atoms with Crippen LogP contribution in [0.5, 0.6) is 0 Å². The zero-order valence-electron chi connectivity index (χ0n) is 16.0. The first kappa shape index (κ1) is 19.8. The number of hydrogen-bond donors (Lipinski definition) is 1. The van der Waals surface area contributed by atoms with Gasteiger partial charge in [0, 0.05) is 19.3 Å². The van der Waals surface area contributed by atoms with E-state index in [4.69, 9.17) is 5.26 Å². The Morgan fingerprint density at radius 2 is 2.04 bits per heavy atom. The molecule has 2 aromatic rings. The van der Waals surface area contributed by atoms with Crippen molar-refractivity contribution in [2.45, 2.75) is 32.2 Å². The Morgan fingerprint density at radius 3 is 2.71 bits per heavy atom. The molecule has 0 amide bonds. The summed E-state index contributed by atoms with van der Waals surface area (Å²) in [5, 5.41) is 12.2. The monoisotopic (exact) mass is 395 g/mol. The van der Waals surface area contributed by atoms with Crippen LogP contribution in [0.3, 0.4) is 0 Å². The van der Waals surface area contributed by atoms with Gasteiger partial charge in [0.05, 0.1) is 17.0 Å². The molecule has 0 spiro atoms. The molecule has 2 heterocycles. The molecule has 28 heavy (non-hydrogen) atoms. The lowest BCUT2D eigenvalue weighted by Crippen LogP contribution is -2.24. The normalized spacial score (nSPS) is 15.2. The van der Waals surface area contributed by atoms with Crippen LogP contribution in [0.1, 0.15) is 37.7 Å². The maximum atomic E-state index is 12.6. The summed E-state index contributed by atoms with van der Waals surface area (Å²) < 4.78 is 26.5. The van der Waals surface area contributed by atoms with E-state index in [9.17, 15) is 8.42 Å². The van der Waals surface area contributed by atoms with Gasteiger partial charge < -0.3 is 5.32 Å². The van der Waals surface area contributed by atoms with Crippen molar-refractivity contribution in [1.29, 1.82) is 5.26 Å². The number of hydrogen-bond acceptors (Lipinski definition) is 6. The Morgan fingerprint density at radius 1 is 1.29 bits per heavy atom. The summed E-state index contributed by atoms with van der Waals surface area (Å²) in [6.45, 7) is 7.25. The van der Waals surface area contributed by atoms with Crippen LogP contribution < -0.4 is 5.32 Å². The van der Waals surface area contributed by atoms with Crippen molar-refractivity contribution in [1.82, 2.24) is 14.3 Å². The van der Waals surface area contributed by atoms with Crippen molar-refractivity contribution >= 4 is 15.8 Å². The number of anilines is 1. The Labute approximate surface area is 165 Å². The lowest BCUT2D eigenvalue weighted by atomic mass is 9.97. The summed E-state index contributed by atoms with van der Waals surface area (Å²) in [6.07, 6.45) is 1.48. The van der Waals surface area contributed by atoms with E-state index in [2.05, 4.69) is 47.9 Å². The average molecular weight is 395 g/mol. The van der Waals surface area contributed by atoms with Crippen LogP contribution in [-0.4, -0.2) is 35.8 Å². The van der Waals surface area contributed by atoms with E-state index in [1.54, 1.807) is 12.1 Å². The fraction of sp³-hybridized carbons (Fsp3) is 0.350. The first-order chi connectivity index (χ1) is 13.2. The predicted octanol–water partition coefficient (Wildman–Crippen LogP) is 2.36. The molecule has 0 atom stereocenters. The van der Waals surface area contributed by atoms with Crippen molar-refractivity contribution in [3.63, 3.8) is 0 Å². The smallest absolute Gasteiger partial charge is 0.244 e. The zero-order valence-corrected chi connectivity index (χ0v) is 16.8. The molecule has 1 aromatic heterocycles. The highest BCUT2D eigenvalue weighted by atomic mass is 32.2. The summed E-state index contributed by atoms with van der Waals surface area (Å²) in [7, 11) is -3.51.